The van der Waals surface area contributed by atoms with Crippen LogP contribution in [-0.2, 0) is 22.5 Å². The van der Waals surface area contributed by atoms with Crippen molar-refractivity contribution in [3.8, 4) is 0 Å². The summed E-state index contributed by atoms with van der Waals surface area (Å²) >= 11 is 0. The maximum atomic E-state index is 14.5. The molecule has 3 rings (SSSR count). The zero-order valence-electron chi connectivity index (χ0n) is 18.1. The summed E-state index contributed by atoms with van der Waals surface area (Å²) in [5.74, 6) is -3.67. The highest BCUT2D eigenvalue weighted by molar-refractivity contribution is 5.70. The van der Waals surface area contributed by atoms with Crippen molar-refractivity contribution in [1.29, 1.82) is 0 Å². The fourth-order valence-corrected chi connectivity index (χ4v) is 3.86. The third-order valence-corrected chi connectivity index (χ3v) is 5.63. The number of benzene rings is 3. The molecule has 0 bridgehead atoms. The number of ether oxygens (including phenoxy) is 1. The second-order valence-electron chi connectivity index (χ2n) is 7.74. The second-order valence-corrected chi connectivity index (χ2v) is 7.74. The van der Waals surface area contributed by atoms with Crippen LogP contribution in [0.5, 0.6) is 0 Å². The average Bonchev–Trinajstić information content (AvgIpc) is 2.81. The number of halogens is 3. The van der Waals surface area contributed by atoms with Crippen molar-refractivity contribution in [1.82, 2.24) is 4.90 Å². The fraction of sp³-hybridized carbons (Fsp3) is 0.269. The van der Waals surface area contributed by atoms with E-state index in [1.165, 1.54) is 7.11 Å². The molecule has 0 aliphatic heterocycles. The molecule has 0 aliphatic rings. The Morgan fingerprint density at radius 3 is 2.12 bits per heavy atom. The van der Waals surface area contributed by atoms with Crippen LogP contribution in [0.25, 0.3) is 0 Å². The van der Waals surface area contributed by atoms with Crippen molar-refractivity contribution in [3.05, 3.63) is 107 Å². The Hall–Kier alpha value is -3.12. The zero-order valence-corrected chi connectivity index (χ0v) is 18.1. The topological polar surface area (TPSA) is 29.5 Å². The van der Waals surface area contributed by atoms with Gasteiger partial charge in [-0.05, 0) is 36.1 Å². The van der Waals surface area contributed by atoms with Crippen LogP contribution in [0, 0.1) is 17.5 Å². The SMILES string of the molecule is COC(=O)C[C@H](Cc1cc(F)c(F)cc1F)N(Cc1ccccc1)C(C)c1ccccc1. The van der Waals surface area contributed by atoms with Gasteiger partial charge < -0.3 is 4.74 Å². The van der Waals surface area contributed by atoms with Gasteiger partial charge in [-0.25, -0.2) is 13.2 Å². The lowest BCUT2D eigenvalue weighted by atomic mass is 9.96. The highest BCUT2D eigenvalue weighted by atomic mass is 19.2. The first-order valence-electron chi connectivity index (χ1n) is 10.4. The predicted molar refractivity (Wildman–Crippen MR) is 117 cm³/mol. The number of rotatable bonds is 9. The standard InChI is InChI=1S/C26H26F3NO2/c1-18(20-11-7-4-8-12-20)30(17-19-9-5-3-6-10-19)22(15-26(31)32-2)13-21-14-24(28)25(29)16-23(21)27/h3-12,14,16,18,22H,13,15,17H2,1-2H3/t18?,22-/m0/s1. The first kappa shape index (κ1) is 23.5. The molecule has 0 aromatic heterocycles. The van der Waals surface area contributed by atoms with E-state index < -0.39 is 29.5 Å². The Morgan fingerprint density at radius 2 is 1.50 bits per heavy atom. The van der Waals surface area contributed by atoms with Crippen molar-refractivity contribution in [2.45, 2.75) is 38.4 Å². The van der Waals surface area contributed by atoms with Gasteiger partial charge in [-0.1, -0.05) is 60.7 Å². The molecule has 0 fully saturated rings. The Bertz CT molecular complexity index is 1030. The van der Waals surface area contributed by atoms with Crippen molar-refractivity contribution < 1.29 is 22.7 Å². The van der Waals surface area contributed by atoms with Gasteiger partial charge in [0, 0.05) is 24.7 Å². The monoisotopic (exact) mass is 441 g/mol. The molecule has 1 unspecified atom stereocenters. The summed E-state index contributed by atoms with van der Waals surface area (Å²) in [7, 11) is 1.29. The Labute approximate surface area is 186 Å². The van der Waals surface area contributed by atoms with Gasteiger partial charge in [0.05, 0.1) is 13.5 Å². The normalized spacial score (nSPS) is 13.1. The summed E-state index contributed by atoms with van der Waals surface area (Å²) in [6, 6.07) is 20.2. The van der Waals surface area contributed by atoms with Gasteiger partial charge in [-0.3, -0.25) is 9.69 Å². The Balaban J connectivity index is 2.01. The van der Waals surface area contributed by atoms with E-state index >= 15 is 0 Å². The third kappa shape index (κ3) is 5.98. The lowest BCUT2D eigenvalue weighted by molar-refractivity contribution is -0.142. The molecule has 6 heteroatoms. The minimum absolute atomic E-state index is 0.0103. The number of esters is 1. The second kappa shape index (κ2) is 11.0. The molecular formula is C26H26F3NO2. The van der Waals surface area contributed by atoms with Gasteiger partial charge in [0.1, 0.15) is 5.82 Å². The minimum Gasteiger partial charge on any atom is -0.469 e. The van der Waals surface area contributed by atoms with Crippen LogP contribution < -0.4 is 0 Å². The van der Waals surface area contributed by atoms with Crippen LogP contribution in [0.15, 0.2) is 72.8 Å². The molecule has 3 aromatic carbocycles. The van der Waals surface area contributed by atoms with Crippen LogP contribution in [0.4, 0.5) is 13.2 Å². The number of hydrogen-bond donors (Lipinski definition) is 0. The van der Waals surface area contributed by atoms with Crippen molar-refractivity contribution in [2.75, 3.05) is 7.11 Å². The molecule has 0 saturated carbocycles. The molecule has 0 radical (unpaired) electrons. The van der Waals surface area contributed by atoms with Crippen LogP contribution in [0.2, 0.25) is 0 Å². The van der Waals surface area contributed by atoms with Crippen LogP contribution in [0.3, 0.4) is 0 Å². The maximum Gasteiger partial charge on any atom is 0.307 e. The number of carbonyl (C=O) groups excluding carboxylic acids is 1. The Kier molecular flexibility index (Phi) is 8.06. The van der Waals surface area contributed by atoms with E-state index in [2.05, 4.69) is 4.90 Å². The van der Waals surface area contributed by atoms with Crippen LogP contribution in [-0.4, -0.2) is 24.0 Å². The molecular weight excluding hydrogens is 415 g/mol. The quantitative estimate of drug-likeness (QED) is 0.309. The summed E-state index contributed by atoms with van der Waals surface area (Å²) in [6.45, 7) is 2.48. The predicted octanol–water partition coefficient (Wildman–Crippen LogP) is 5.84. The van der Waals surface area contributed by atoms with E-state index in [1.54, 1.807) is 0 Å². The highest BCUT2D eigenvalue weighted by Crippen LogP contribution is 2.29. The largest absolute Gasteiger partial charge is 0.469 e. The number of methoxy groups -OCH3 is 1. The first-order chi connectivity index (χ1) is 15.4. The van der Waals surface area contributed by atoms with Gasteiger partial charge >= 0.3 is 5.97 Å². The van der Waals surface area contributed by atoms with Gasteiger partial charge in [0.2, 0.25) is 0 Å². The van der Waals surface area contributed by atoms with E-state index in [-0.39, 0.29) is 24.4 Å². The highest BCUT2D eigenvalue weighted by Gasteiger charge is 2.29. The molecule has 3 nitrogen and oxygen atoms in total. The maximum absolute atomic E-state index is 14.5. The number of hydrogen-bond acceptors (Lipinski definition) is 3. The third-order valence-electron chi connectivity index (χ3n) is 5.63. The summed E-state index contributed by atoms with van der Waals surface area (Å²) in [5.41, 5.74) is 2.04. The summed E-state index contributed by atoms with van der Waals surface area (Å²) in [6.07, 6.45) is -0.0128. The van der Waals surface area contributed by atoms with E-state index in [0.717, 1.165) is 17.2 Å². The van der Waals surface area contributed by atoms with E-state index in [9.17, 15) is 18.0 Å². The first-order valence-corrected chi connectivity index (χ1v) is 10.4. The fourth-order valence-electron chi connectivity index (χ4n) is 3.86. The van der Waals surface area contributed by atoms with Crippen molar-refractivity contribution in [2.24, 2.45) is 0 Å². The van der Waals surface area contributed by atoms with Crippen molar-refractivity contribution in [3.63, 3.8) is 0 Å². The molecule has 32 heavy (non-hydrogen) atoms. The van der Waals surface area contributed by atoms with E-state index in [4.69, 9.17) is 4.74 Å². The van der Waals surface area contributed by atoms with Crippen LogP contribution >= 0.6 is 0 Å². The Morgan fingerprint density at radius 1 is 0.906 bits per heavy atom. The number of carbonyl (C=O) groups is 1. The zero-order chi connectivity index (χ0) is 23.1. The smallest absolute Gasteiger partial charge is 0.307 e. The molecule has 0 amide bonds. The summed E-state index contributed by atoms with van der Waals surface area (Å²) in [5, 5.41) is 0. The molecule has 3 aromatic rings. The average molecular weight is 441 g/mol. The number of nitrogens with zero attached hydrogens (tertiary/aromatic N) is 1. The van der Waals surface area contributed by atoms with Crippen LogP contribution in [0.1, 0.15) is 36.1 Å². The summed E-state index contributed by atoms with van der Waals surface area (Å²) in [4.78, 5) is 14.3. The molecule has 0 aliphatic carbocycles. The molecule has 0 N–H and O–H groups in total. The van der Waals surface area contributed by atoms with E-state index in [0.29, 0.717) is 12.6 Å². The molecule has 0 heterocycles. The van der Waals surface area contributed by atoms with Crippen molar-refractivity contribution >= 4 is 5.97 Å². The molecule has 0 saturated heterocycles. The van der Waals surface area contributed by atoms with Gasteiger partial charge in [0.15, 0.2) is 11.6 Å². The summed E-state index contributed by atoms with van der Waals surface area (Å²) < 4.78 is 46.7. The van der Waals surface area contributed by atoms with Gasteiger partial charge in [0.25, 0.3) is 0 Å². The lowest BCUT2D eigenvalue weighted by Gasteiger charge is -2.37. The molecule has 168 valence electrons. The minimum atomic E-state index is -1.24. The van der Waals surface area contributed by atoms with Gasteiger partial charge in [-0.2, -0.15) is 0 Å². The lowest BCUT2D eigenvalue weighted by Crippen LogP contribution is -2.40. The molecule has 2 atom stereocenters. The van der Waals surface area contributed by atoms with Gasteiger partial charge in [-0.15, -0.1) is 0 Å². The molecule has 0 spiro atoms. The van der Waals surface area contributed by atoms with E-state index in [1.807, 2.05) is 67.6 Å².